The smallest absolute Gasteiger partial charge is 0.0809 e. The zero-order valence-electron chi connectivity index (χ0n) is 18.8. The molecule has 0 aliphatic heterocycles. The van der Waals surface area contributed by atoms with E-state index >= 15 is 0 Å². The predicted molar refractivity (Wildman–Crippen MR) is 193 cm³/mol. The molecule has 0 radical (unpaired) electrons. The second-order valence-corrected chi connectivity index (χ2v) is 14.7. The molecule has 0 saturated heterocycles. The van der Waals surface area contributed by atoms with Crippen LogP contribution in [0, 0.1) is 0 Å². The summed E-state index contributed by atoms with van der Waals surface area (Å²) in [5.74, 6) is 0. The first-order valence-electron chi connectivity index (χ1n) is 10.2. The summed E-state index contributed by atoms with van der Waals surface area (Å²) in [6, 6.07) is 0. The van der Waals surface area contributed by atoms with Crippen LogP contribution in [0.3, 0.4) is 0 Å². The number of benzene rings is 4. The van der Waals surface area contributed by atoms with Crippen LogP contribution in [0.2, 0.25) is 90.4 Å². The highest BCUT2D eigenvalue weighted by molar-refractivity contribution is 6.61. The number of hydrogen-bond donors (Lipinski definition) is 0. The molecule has 0 spiro atoms. The van der Waals surface area contributed by atoms with Gasteiger partial charge in [-0.25, -0.2) is 0 Å². The van der Waals surface area contributed by atoms with Gasteiger partial charge in [0.1, 0.15) is 0 Å². The van der Waals surface area contributed by atoms with Crippen LogP contribution in [-0.2, 0) is 0 Å². The second-order valence-electron chi connectivity index (χ2n) is 7.90. The van der Waals surface area contributed by atoms with Crippen molar-refractivity contribution in [3.8, 4) is 33.4 Å². The normalized spacial score (nSPS) is 11.6. The van der Waals surface area contributed by atoms with Crippen LogP contribution in [0.1, 0.15) is 0 Å². The van der Waals surface area contributed by atoms with Crippen molar-refractivity contribution < 1.29 is 0 Å². The van der Waals surface area contributed by atoms with E-state index in [-0.39, 0.29) is 124 Å². The van der Waals surface area contributed by atoms with Gasteiger partial charge in [-0.15, -0.1) is 0 Å². The lowest BCUT2D eigenvalue weighted by molar-refractivity contribution is 1.55. The van der Waals surface area contributed by atoms with Crippen LogP contribution in [0.15, 0.2) is 0 Å². The van der Waals surface area contributed by atoms with E-state index in [4.69, 9.17) is 209 Å². The minimum Gasteiger partial charge on any atom is -0.0829 e. The van der Waals surface area contributed by atoms with E-state index in [0.717, 1.165) is 0 Å². The van der Waals surface area contributed by atoms with Gasteiger partial charge in [0.05, 0.1) is 90.4 Å². The Hall–Kier alpha value is 2.10. The van der Waals surface area contributed by atoms with Gasteiger partial charge >= 0.3 is 0 Å². The molecule has 222 valence electrons. The minimum absolute atomic E-state index is 0.0507. The van der Waals surface area contributed by atoms with E-state index in [9.17, 15) is 0 Å². The molecule has 0 amide bonds. The maximum absolute atomic E-state index is 7.11. The topological polar surface area (TPSA) is 0 Å². The fourth-order valence-corrected chi connectivity index (χ4v) is 8.80. The van der Waals surface area contributed by atoms with Crippen molar-refractivity contribution in [3.05, 3.63) is 90.4 Å². The lowest BCUT2D eigenvalue weighted by Crippen LogP contribution is -1.99. The van der Waals surface area contributed by atoms with E-state index in [2.05, 4.69) is 0 Å². The molecule has 42 heavy (non-hydrogen) atoms. The second kappa shape index (κ2) is 13.9. The number of rotatable bonds is 3. The molecule has 4 rings (SSSR count). The minimum atomic E-state index is -0.243. The summed E-state index contributed by atoms with van der Waals surface area (Å²) in [6.45, 7) is 0. The Morgan fingerprint density at radius 3 is 0.500 bits per heavy atom. The van der Waals surface area contributed by atoms with Gasteiger partial charge in [-0.1, -0.05) is 209 Å². The van der Waals surface area contributed by atoms with Gasteiger partial charge in [0, 0.05) is 33.4 Å². The maximum atomic E-state index is 7.11. The van der Waals surface area contributed by atoms with Crippen LogP contribution < -0.4 is 0 Å². The highest BCUT2D eigenvalue weighted by Crippen LogP contribution is 2.62. The molecule has 4 aromatic rings. The molecule has 0 nitrogen and oxygen atoms in total. The monoisotopic (exact) mass is 917 g/mol. The Morgan fingerprint density at radius 2 is 0.238 bits per heavy atom. The third-order valence-electron chi connectivity index (χ3n) is 5.70. The van der Waals surface area contributed by atoms with Gasteiger partial charge in [0.2, 0.25) is 0 Å². The molecule has 0 aliphatic carbocycles. The molecule has 0 atom stereocenters. The third kappa shape index (κ3) is 5.87. The predicted octanol–water partition coefficient (Wildman–Crippen LogP) is 18.4. The fourth-order valence-electron chi connectivity index (χ4n) is 3.82. The average Bonchev–Trinajstić information content (AvgIpc) is 2.96. The lowest BCUT2D eigenvalue weighted by Gasteiger charge is -2.25. The summed E-state index contributed by atoms with van der Waals surface area (Å²) in [5.41, 5.74) is -0.417. The summed E-state index contributed by atoms with van der Waals surface area (Å²) in [6.07, 6.45) is 0. The standard InChI is InChI=1S/C24Cl18/c25-7-1(3-10(28)16(34)22(40)17(35)11(3)29)2(4-12(30)18(36)23(41)19(37)13(4)31)8(26)9(27)5(7)6-14(32)20(38)24(42)21(39)15(6)33. The van der Waals surface area contributed by atoms with E-state index in [1.807, 2.05) is 0 Å². The van der Waals surface area contributed by atoms with Crippen LogP contribution in [0.4, 0.5) is 0 Å². The Kier molecular flexibility index (Phi) is 12.2. The molecule has 0 unspecified atom stereocenters. The Labute approximate surface area is 328 Å². The molecule has 0 aromatic heterocycles. The molecule has 0 heterocycles. The van der Waals surface area contributed by atoms with Crippen LogP contribution in [0.5, 0.6) is 0 Å². The quantitative estimate of drug-likeness (QED) is 0.142. The summed E-state index contributed by atoms with van der Waals surface area (Å²) in [5, 5.41) is -3.28. The molecule has 0 bridgehead atoms. The Balaban J connectivity index is 2.41. The van der Waals surface area contributed by atoms with Gasteiger partial charge in [-0.2, -0.15) is 0 Å². The van der Waals surface area contributed by atoms with Crippen molar-refractivity contribution in [2.45, 2.75) is 0 Å². The molecule has 18 heteroatoms. The Bertz CT molecular complexity index is 1770. The van der Waals surface area contributed by atoms with Crippen LogP contribution >= 0.6 is 209 Å². The van der Waals surface area contributed by atoms with E-state index < -0.39 is 0 Å². The molecule has 0 N–H and O–H groups in total. The lowest BCUT2D eigenvalue weighted by atomic mass is 9.90. The maximum Gasteiger partial charge on any atom is 0.0809 e. The molecule has 4 aromatic carbocycles. The van der Waals surface area contributed by atoms with Crippen LogP contribution in [0.25, 0.3) is 33.4 Å². The SMILES string of the molecule is Clc1c(Cl)c(Cl)c(-c2c(Cl)c(Cl)c(-c3c(Cl)c(Cl)c(Cl)c(Cl)c3Cl)c(-c3c(Cl)c(Cl)c(Cl)c(Cl)c3Cl)c2Cl)c(Cl)c1Cl. The molecule has 0 aliphatic rings. The fraction of sp³-hybridized carbons (Fsp3) is 0. The largest absolute Gasteiger partial charge is 0.0829 e. The van der Waals surface area contributed by atoms with Crippen molar-refractivity contribution in [2.24, 2.45) is 0 Å². The van der Waals surface area contributed by atoms with Gasteiger partial charge in [0.25, 0.3) is 0 Å². The first-order chi connectivity index (χ1) is 19.4. The van der Waals surface area contributed by atoms with E-state index in [1.165, 1.54) is 0 Å². The molecular formula is C24Cl18. The summed E-state index contributed by atoms with van der Waals surface area (Å²) in [4.78, 5) is 0. The van der Waals surface area contributed by atoms with Gasteiger partial charge in [0.15, 0.2) is 0 Å². The summed E-state index contributed by atoms with van der Waals surface area (Å²) < 4.78 is 0. The van der Waals surface area contributed by atoms with E-state index in [1.54, 1.807) is 0 Å². The van der Waals surface area contributed by atoms with Gasteiger partial charge in [-0.3, -0.25) is 0 Å². The van der Waals surface area contributed by atoms with Crippen molar-refractivity contribution in [2.75, 3.05) is 0 Å². The van der Waals surface area contributed by atoms with Crippen molar-refractivity contribution in [1.82, 2.24) is 0 Å². The molecule has 0 fully saturated rings. The van der Waals surface area contributed by atoms with Gasteiger partial charge < -0.3 is 0 Å². The van der Waals surface area contributed by atoms with Gasteiger partial charge in [-0.05, 0) is 0 Å². The number of halogens is 18. The average molecular weight is 926 g/mol. The zero-order chi connectivity index (χ0) is 31.9. The Morgan fingerprint density at radius 1 is 0.119 bits per heavy atom. The number of hydrogen-bond acceptors (Lipinski definition) is 0. The highest BCUT2D eigenvalue weighted by Gasteiger charge is 2.35. The first kappa shape index (κ1) is 36.9. The van der Waals surface area contributed by atoms with Crippen LogP contribution in [-0.4, -0.2) is 0 Å². The molecule has 0 saturated carbocycles. The van der Waals surface area contributed by atoms with Crippen molar-refractivity contribution in [3.63, 3.8) is 0 Å². The summed E-state index contributed by atoms with van der Waals surface area (Å²) in [7, 11) is 0. The first-order valence-corrected chi connectivity index (χ1v) is 17.0. The zero-order valence-corrected chi connectivity index (χ0v) is 32.4. The summed E-state index contributed by atoms with van der Waals surface area (Å²) >= 11 is 118. The van der Waals surface area contributed by atoms with Crippen molar-refractivity contribution in [1.29, 1.82) is 0 Å². The van der Waals surface area contributed by atoms with E-state index in [0.29, 0.717) is 0 Å². The van der Waals surface area contributed by atoms with Crippen molar-refractivity contribution >= 4 is 209 Å². The molecular weight excluding hydrogens is 926 g/mol. The third-order valence-corrected chi connectivity index (χ3v) is 13.8. The highest BCUT2D eigenvalue weighted by atomic mass is 35.5.